The van der Waals surface area contributed by atoms with Gasteiger partial charge in [0, 0.05) is 12.6 Å². The molecule has 2 amide bonds. The fraction of sp³-hybridized carbons (Fsp3) is 0.417. The number of amides is 2. The van der Waals surface area contributed by atoms with Crippen LogP contribution < -0.4 is 16.4 Å². The molecule has 0 saturated heterocycles. The quantitative estimate of drug-likeness (QED) is 0.774. The molecule has 17 heavy (non-hydrogen) atoms. The van der Waals surface area contributed by atoms with Gasteiger partial charge in [-0.3, -0.25) is 0 Å². The zero-order valence-corrected chi connectivity index (χ0v) is 10.8. The maximum atomic E-state index is 11.6. The number of nitrogens with two attached hydrogens (primary N) is 1. The van der Waals surface area contributed by atoms with E-state index >= 15 is 0 Å². The third kappa shape index (κ3) is 4.63. The van der Waals surface area contributed by atoms with Crippen LogP contribution in [0, 0.1) is 5.92 Å². The highest BCUT2D eigenvalue weighted by atomic mass is 35.5. The van der Waals surface area contributed by atoms with Gasteiger partial charge in [0.15, 0.2) is 0 Å². The number of carbonyl (C=O) groups excluding carboxylic acids is 1. The van der Waals surface area contributed by atoms with Crippen molar-refractivity contribution in [2.75, 3.05) is 11.9 Å². The molecular formula is C12H18ClN3O. The number of hydrogen-bond acceptors (Lipinski definition) is 2. The monoisotopic (exact) mass is 255 g/mol. The molecule has 0 radical (unpaired) electrons. The summed E-state index contributed by atoms with van der Waals surface area (Å²) >= 11 is 5.91. The minimum atomic E-state index is -0.297. The summed E-state index contributed by atoms with van der Waals surface area (Å²) in [5.41, 5.74) is 6.41. The molecule has 0 aromatic heterocycles. The first-order valence-electron chi connectivity index (χ1n) is 5.55. The van der Waals surface area contributed by atoms with Crippen LogP contribution in [0.3, 0.4) is 0 Å². The largest absolute Gasteiger partial charge is 0.336 e. The van der Waals surface area contributed by atoms with E-state index in [-0.39, 0.29) is 12.1 Å². The molecule has 0 aliphatic heterocycles. The molecule has 1 aromatic carbocycles. The number of anilines is 1. The van der Waals surface area contributed by atoms with E-state index in [4.69, 9.17) is 17.3 Å². The van der Waals surface area contributed by atoms with E-state index in [9.17, 15) is 4.79 Å². The Kier molecular flexibility index (Phi) is 5.25. The molecule has 0 spiro atoms. The Hall–Kier alpha value is -1.26. The van der Waals surface area contributed by atoms with Crippen molar-refractivity contribution in [2.45, 2.75) is 19.9 Å². The van der Waals surface area contributed by atoms with Crippen LogP contribution in [0.4, 0.5) is 10.5 Å². The highest BCUT2D eigenvalue weighted by molar-refractivity contribution is 6.33. The van der Waals surface area contributed by atoms with Crippen LogP contribution >= 0.6 is 11.6 Å². The van der Waals surface area contributed by atoms with E-state index in [0.29, 0.717) is 23.2 Å². The summed E-state index contributed by atoms with van der Waals surface area (Å²) in [5, 5.41) is 5.88. The second-order valence-electron chi connectivity index (χ2n) is 4.22. The number of urea groups is 1. The third-order valence-corrected chi connectivity index (χ3v) is 2.81. The lowest BCUT2D eigenvalue weighted by Crippen LogP contribution is -2.42. The van der Waals surface area contributed by atoms with Crippen LogP contribution in [0.1, 0.15) is 13.8 Å². The van der Waals surface area contributed by atoms with Crippen molar-refractivity contribution in [1.82, 2.24) is 5.32 Å². The molecule has 5 heteroatoms. The van der Waals surface area contributed by atoms with Gasteiger partial charge in [0.1, 0.15) is 0 Å². The van der Waals surface area contributed by atoms with E-state index in [1.54, 1.807) is 24.3 Å². The molecule has 1 aromatic rings. The highest BCUT2D eigenvalue weighted by Crippen LogP contribution is 2.19. The number of carbonyl (C=O) groups is 1. The van der Waals surface area contributed by atoms with E-state index in [1.165, 1.54) is 0 Å². The van der Waals surface area contributed by atoms with Crippen LogP contribution in [0.5, 0.6) is 0 Å². The number of halogens is 1. The van der Waals surface area contributed by atoms with Crippen molar-refractivity contribution in [1.29, 1.82) is 0 Å². The Morgan fingerprint density at radius 1 is 1.41 bits per heavy atom. The van der Waals surface area contributed by atoms with Crippen molar-refractivity contribution in [2.24, 2.45) is 11.7 Å². The van der Waals surface area contributed by atoms with Crippen LogP contribution in [-0.2, 0) is 0 Å². The Bertz CT molecular complexity index is 382. The van der Waals surface area contributed by atoms with Crippen LogP contribution in [0.25, 0.3) is 0 Å². The number of para-hydroxylation sites is 1. The molecule has 4 N–H and O–H groups in total. The van der Waals surface area contributed by atoms with Crippen LogP contribution in [0.2, 0.25) is 5.02 Å². The van der Waals surface area contributed by atoms with Gasteiger partial charge in [-0.15, -0.1) is 0 Å². The molecule has 1 atom stereocenters. The van der Waals surface area contributed by atoms with E-state index < -0.39 is 0 Å². The van der Waals surface area contributed by atoms with Gasteiger partial charge < -0.3 is 16.4 Å². The first-order valence-corrected chi connectivity index (χ1v) is 5.93. The summed E-state index contributed by atoms with van der Waals surface area (Å²) in [6.45, 7) is 4.46. The van der Waals surface area contributed by atoms with Crippen LogP contribution in [0.15, 0.2) is 24.3 Å². The predicted octanol–water partition coefficient (Wildman–Crippen LogP) is 2.44. The summed E-state index contributed by atoms with van der Waals surface area (Å²) in [6.07, 6.45) is 0. The first-order chi connectivity index (χ1) is 8.00. The van der Waals surface area contributed by atoms with E-state index in [0.717, 1.165) is 0 Å². The topological polar surface area (TPSA) is 67.1 Å². The smallest absolute Gasteiger partial charge is 0.319 e. The third-order valence-electron chi connectivity index (χ3n) is 2.48. The SMILES string of the molecule is CC(C)C(N)CNC(=O)Nc1ccccc1Cl. The minimum Gasteiger partial charge on any atom is -0.336 e. The molecule has 0 heterocycles. The van der Waals surface area contributed by atoms with E-state index in [1.807, 2.05) is 13.8 Å². The molecule has 0 fully saturated rings. The van der Waals surface area contributed by atoms with Crippen molar-refractivity contribution in [3.8, 4) is 0 Å². The summed E-state index contributed by atoms with van der Waals surface area (Å²) in [7, 11) is 0. The minimum absolute atomic E-state index is 0.0491. The summed E-state index contributed by atoms with van der Waals surface area (Å²) in [6, 6.07) is 6.73. The van der Waals surface area contributed by atoms with Gasteiger partial charge in [0.25, 0.3) is 0 Å². The number of nitrogens with one attached hydrogen (secondary N) is 2. The molecule has 1 rings (SSSR count). The summed E-state index contributed by atoms with van der Waals surface area (Å²) in [5.74, 6) is 0.329. The normalized spacial score (nSPS) is 12.3. The molecule has 4 nitrogen and oxygen atoms in total. The van der Waals surface area contributed by atoms with Crippen LogP contribution in [-0.4, -0.2) is 18.6 Å². The summed E-state index contributed by atoms with van der Waals surface area (Å²) in [4.78, 5) is 11.6. The lowest BCUT2D eigenvalue weighted by Gasteiger charge is -2.16. The second kappa shape index (κ2) is 6.47. The Morgan fingerprint density at radius 2 is 2.06 bits per heavy atom. The molecule has 94 valence electrons. The average molecular weight is 256 g/mol. The second-order valence-corrected chi connectivity index (χ2v) is 4.63. The maximum absolute atomic E-state index is 11.6. The standard InChI is InChI=1S/C12H18ClN3O/c1-8(2)10(14)7-15-12(17)16-11-6-4-3-5-9(11)13/h3-6,8,10H,7,14H2,1-2H3,(H2,15,16,17). The number of hydrogen-bond donors (Lipinski definition) is 3. The fourth-order valence-electron chi connectivity index (χ4n) is 1.18. The first kappa shape index (κ1) is 13.8. The zero-order valence-electron chi connectivity index (χ0n) is 10.0. The van der Waals surface area contributed by atoms with Gasteiger partial charge in [-0.25, -0.2) is 4.79 Å². The van der Waals surface area contributed by atoms with Gasteiger partial charge >= 0.3 is 6.03 Å². The average Bonchev–Trinajstić information content (AvgIpc) is 2.29. The van der Waals surface area contributed by atoms with Gasteiger partial charge in [-0.2, -0.15) is 0 Å². The Balaban J connectivity index is 2.43. The van der Waals surface area contributed by atoms with Crippen molar-refractivity contribution >= 4 is 23.3 Å². The van der Waals surface area contributed by atoms with Gasteiger partial charge in [0.2, 0.25) is 0 Å². The zero-order chi connectivity index (χ0) is 12.8. The fourth-order valence-corrected chi connectivity index (χ4v) is 1.36. The highest BCUT2D eigenvalue weighted by Gasteiger charge is 2.09. The van der Waals surface area contributed by atoms with Crippen molar-refractivity contribution in [3.05, 3.63) is 29.3 Å². The van der Waals surface area contributed by atoms with Gasteiger partial charge in [-0.1, -0.05) is 37.6 Å². The summed E-state index contributed by atoms with van der Waals surface area (Å²) < 4.78 is 0. The lowest BCUT2D eigenvalue weighted by molar-refractivity contribution is 0.250. The molecule has 0 bridgehead atoms. The molecule has 0 saturated carbocycles. The Morgan fingerprint density at radius 3 is 2.65 bits per heavy atom. The molecular weight excluding hydrogens is 238 g/mol. The molecule has 1 unspecified atom stereocenters. The van der Waals surface area contributed by atoms with Gasteiger partial charge in [0.05, 0.1) is 10.7 Å². The number of rotatable bonds is 4. The Labute approximate surface area is 107 Å². The van der Waals surface area contributed by atoms with Crippen molar-refractivity contribution in [3.63, 3.8) is 0 Å². The van der Waals surface area contributed by atoms with E-state index in [2.05, 4.69) is 10.6 Å². The lowest BCUT2D eigenvalue weighted by atomic mass is 10.1. The van der Waals surface area contributed by atoms with Gasteiger partial charge in [-0.05, 0) is 18.1 Å². The van der Waals surface area contributed by atoms with Crippen molar-refractivity contribution < 1.29 is 4.79 Å². The number of benzene rings is 1. The maximum Gasteiger partial charge on any atom is 0.319 e. The molecule has 0 aliphatic carbocycles. The molecule has 0 aliphatic rings. The predicted molar refractivity (Wildman–Crippen MR) is 71.3 cm³/mol.